The normalized spacial score (nSPS) is 12.1. The first-order valence-electron chi connectivity index (χ1n) is 10.3. The minimum absolute atomic E-state index is 0.881. The molecule has 32 heavy (non-hydrogen) atoms. The molecule has 158 valence electrons. The predicted molar refractivity (Wildman–Crippen MR) is 144 cm³/mol. The van der Waals surface area contributed by atoms with Crippen LogP contribution in [0.15, 0.2) is 116 Å². The summed E-state index contributed by atoms with van der Waals surface area (Å²) < 4.78 is 2.15. The molecule has 0 aliphatic heterocycles. The summed E-state index contributed by atoms with van der Waals surface area (Å²) in [5.41, 5.74) is 8.57. The zero-order valence-electron chi connectivity index (χ0n) is 17.9. The summed E-state index contributed by atoms with van der Waals surface area (Å²) >= 11 is 6.99. The third-order valence-electron chi connectivity index (χ3n) is 5.34. The number of rotatable bonds is 5. The summed E-state index contributed by atoms with van der Waals surface area (Å²) in [6.45, 7) is 0. The summed E-state index contributed by atoms with van der Waals surface area (Å²) in [5, 5.41) is 0. The van der Waals surface area contributed by atoms with Crippen molar-refractivity contribution in [1.82, 2.24) is 0 Å². The second-order valence-corrected chi connectivity index (χ2v) is 9.14. The number of nitrogens with zero attached hydrogens (tertiary/aromatic N) is 2. The van der Waals surface area contributed by atoms with Crippen LogP contribution < -0.4 is 0 Å². The van der Waals surface area contributed by atoms with E-state index in [0.717, 1.165) is 31.5 Å². The van der Waals surface area contributed by atoms with Crippen LogP contribution in [0.3, 0.4) is 0 Å². The smallest absolute Gasteiger partial charge is 0.0901 e. The first kappa shape index (κ1) is 22.4. The summed E-state index contributed by atoms with van der Waals surface area (Å²) in [4.78, 5) is 9.17. The molecule has 0 heterocycles. The van der Waals surface area contributed by atoms with E-state index >= 15 is 0 Å². The maximum absolute atomic E-state index is 4.58. The van der Waals surface area contributed by atoms with Gasteiger partial charge in [-0.2, -0.15) is 0 Å². The Morgan fingerprint density at radius 1 is 0.438 bits per heavy atom. The third kappa shape index (κ3) is 4.98. The lowest BCUT2D eigenvalue weighted by Gasteiger charge is -2.12. The molecule has 4 heteroatoms. The Labute approximate surface area is 206 Å². The fourth-order valence-corrected chi connectivity index (χ4v) is 4.20. The van der Waals surface area contributed by atoms with Crippen molar-refractivity contribution in [3.8, 4) is 22.3 Å². The molecular weight excluding hydrogens is 524 g/mol. The molecule has 0 aliphatic rings. The third-order valence-corrected chi connectivity index (χ3v) is 6.40. The van der Waals surface area contributed by atoms with Crippen molar-refractivity contribution in [2.24, 2.45) is 9.98 Å². The fraction of sp³-hybridized carbons (Fsp3) is 0.0714. The van der Waals surface area contributed by atoms with Crippen molar-refractivity contribution < 1.29 is 0 Å². The molecule has 0 atom stereocenters. The van der Waals surface area contributed by atoms with Crippen LogP contribution in [0.1, 0.15) is 11.1 Å². The van der Waals surface area contributed by atoms with E-state index in [1.54, 1.807) is 0 Å². The average Bonchev–Trinajstić information content (AvgIpc) is 2.84. The van der Waals surface area contributed by atoms with Crippen molar-refractivity contribution >= 4 is 43.3 Å². The van der Waals surface area contributed by atoms with Gasteiger partial charge in [-0.05, 0) is 46.5 Å². The van der Waals surface area contributed by atoms with E-state index < -0.39 is 0 Å². The van der Waals surface area contributed by atoms with E-state index in [1.807, 2.05) is 14.1 Å². The molecule has 4 rings (SSSR count). The van der Waals surface area contributed by atoms with Crippen molar-refractivity contribution in [3.63, 3.8) is 0 Å². The lowest BCUT2D eigenvalue weighted by molar-refractivity contribution is 1.40. The van der Waals surface area contributed by atoms with Crippen LogP contribution in [0.25, 0.3) is 22.3 Å². The van der Waals surface area contributed by atoms with Crippen LogP contribution in [0, 0.1) is 0 Å². The number of hydrogen-bond acceptors (Lipinski definition) is 2. The molecule has 4 aromatic rings. The van der Waals surface area contributed by atoms with Gasteiger partial charge in [0, 0.05) is 34.2 Å². The van der Waals surface area contributed by atoms with Crippen LogP contribution in [-0.2, 0) is 0 Å². The molecular formula is C28H22Br2N2. The molecule has 0 saturated heterocycles. The van der Waals surface area contributed by atoms with E-state index in [4.69, 9.17) is 0 Å². The van der Waals surface area contributed by atoms with Crippen LogP contribution in [0.2, 0.25) is 0 Å². The van der Waals surface area contributed by atoms with Crippen molar-refractivity contribution in [2.45, 2.75) is 0 Å². The van der Waals surface area contributed by atoms with Gasteiger partial charge in [0.2, 0.25) is 0 Å². The van der Waals surface area contributed by atoms with Gasteiger partial charge in [-0.25, -0.2) is 0 Å². The van der Waals surface area contributed by atoms with Crippen LogP contribution in [-0.4, -0.2) is 25.5 Å². The van der Waals surface area contributed by atoms with Crippen molar-refractivity contribution in [3.05, 3.63) is 117 Å². The van der Waals surface area contributed by atoms with E-state index in [2.05, 4.69) is 139 Å². The van der Waals surface area contributed by atoms with Gasteiger partial charge in [-0.15, -0.1) is 0 Å². The number of halogens is 2. The minimum atomic E-state index is 0.881. The van der Waals surface area contributed by atoms with Gasteiger partial charge in [0.05, 0.1) is 11.4 Å². The van der Waals surface area contributed by atoms with Crippen LogP contribution in [0.4, 0.5) is 0 Å². The lowest BCUT2D eigenvalue weighted by atomic mass is 9.95. The second kappa shape index (κ2) is 10.2. The van der Waals surface area contributed by atoms with Crippen LogP contribution in [0.5, 0.6) is 0 Å². The molecule has 0 radical (unpaired) electrons. The van der Waals surface area contributed by atoms with Crippen molar-refractivity contribution in [2.75, 3.05) is 14.1 Å². The highest BCUT2D eigenvalue weighted by atomic mass is 79.9. The molecule has 0 unspecified atom stereocenters. The summed E-state index contributed by atoms with van der Waals surface area (Å²) in [7, 11) is 3.64. The molecule has 2 nitrogen and oxygen atoms in total. The van der Waals surface area contributed by atoms with Gasteiger partial charge in [0.1, 0.15) is 0 Å². The summed E-state index contributed by atoms with van der Waals surface area (Å²) in [6.07, 6.45) is 0. The quantitative estimate of drug-likeness (QED) is 0.226. The zero-order chi connectivity index (χ0) is 22.5. The molecule has 0 spiro atoms. The average molecular weight is 546 g/mol. The minimum Gasteiger partial charge on any atom is -0.286 e. The Balaban J connectivity index is 1.60. The van der Waals surface area contributed by atoms with E-state index in [9.17, 15) is 0 Å². The van der Waals surface area contributed by atoms with Gasteiger partial charge >= 0.3 is 0 Å². The predicted octanol–water partition coefficient (Wildman–Crippen LogP) is 8.08. The van der Waals surface area contributed by atoms with E-state index in [0.29, 0.717) is 0 Å². The summed E-state index contributed by atoms with van der Waals surface area (Å²) in [5.74, 6) is 0. The Bertz CT molecular complexity index is 1150. The highest BCUT2D eigenvalue weighted by Gasteiger charge is 2.14. The lowest BCUT2D eigenvalue weighted by Crippen LogP contribution is -2.17. The fourth-order valence-electron chi connectivity index (χ4n) is 3.67. The monoisotopic (exact) mass is 544 g/mol. The number of aliphatic imine (C=N–C) groups is 2. The largest absolute Gasteiger partial charge is 0.286 e. The Kier molecular flexibility index (Phi) is 7.13. The molecule has 0 fully saturated rings. The molecule has 0 saturated carbocycles. The van der Waals surface area contributed by atoms with Crippen LogP contribution >= 0.6 is 31.9 Å². The molecule has 0 amide bonds. The molecule has 0 bridgehead atoms. The SMILES string of the molecule is CN=C(C(=NC)c1ccc(-c2ccc(Br)cc2)cc1)c1ccc(-c2ccc(Br)cc2)cc1. The Morgan fingerprint density at radius 3 is 0.938 bits per heavy atom. The number of benzene rings is 4. The number of hydrogen-bond donors (Lipinski definition) is 0. The van der Waals surface area contributed by atoms with E-state index in [-0.39, 0.29) is 0 Å². The first-order chi connectivity index (χ1) is 15.6. The highest BCUT2D eigenvalue weighted by Crippen LogP contribution is 2.25. The van der Waals surface area contributed by atoms with E-state index in [1.165, 1.54) is 22.3 Å². The summed E-state index contributed by atoms with van der Waals surface area (Å²) in [6, 6.07) is 33.7. The Morgan fingerprint density at radius 2 is 0.688 bits per heavy atom. The maximum Gasteiger partial charge on any atom is 0.0901 e. The molecule has 0 aliphatic carbocycles. The maximum atomic E-state index is 4.58. The molecule has 4 aromatic carbocycles. The van der Waals surface area contributed by atoms with Crippen molar-refractivity contribution in [1.29, 1.82) is 0 Å². The van der Waals surface area contributed by atoms with Gasteiger partial charge < -0.3 is 0 Å². The van der Waals surface area contributed by atoms with Gasteiger partial charge in [-0.1, -0.05) is 105 Å². The highest BCUT2D eigenvalue weighted by molar-refractivity contribution is 9.10. The first-order valence-corrected chi connectivity index (χ1v) is 11.8. The molecule has 0 aromatic heterocycles. The zero-order valence-corrected chi connectivity index (χ0v) is 21.1. The standard InChI is InChI=1S/C28H22Br2N2/c1-31-27(23-7-3-19(4-8-23)21-11-15-25(29)16-12-21)28(32-2)24-9-5-20(6-10-24)22-13-17-26(30)18-14-22/h3-18H,1-2H3. The second-order valence-electron chi connectivity index (χ2n) is 7.31. The molecule has 0 N–H and O–H groups in total. The topological polar surface area (TPSA) is 24.7 Å². The van der Waals surface area contributed by atoms with Gasteiger partial charge in [0.15, 0.2) is 0 Å². The van der Waals surface area contributed by atoms with Gasteiger partial charge in [0.25, 0.3) is 0 Å². The van der Waals surface area contributed by atoms with Gasteiger partial charge in [-0.3, -0.25) is 9.98 Å². The Hall–Kier alpha value is -2.82.